The Kier molecular flexibility index (Phi) is 30.7. The van der Waals surface area contributed by atoms with Gasteiger partial charge in [-0.25, -0.2) is 45.1 Å². The number of nitriles is 2. The number of amides is 3. The number of rotatable bonds is 26. The summed E-state index contributed by atoms with van der Waals surface area (Å²) in [7, 11) is 4.41. The molecular weight excluding hydrogens is 1860 g/mol. The summed E-state index contributed by atoms with van der Waals surface area (Å²) in [6.07, 6.45) is -11.1. The van der Waals surface area contributed by atoms with E-state index in [0.29, 0.717) is 133 Å². The van der Waals surface area contributed by atoms with Crippen LogP contribution < -0.4 is 37.5 Å². The Morgan fingerprint density at radius 3 is 1.27 bits per heavy atom. The monoisotopic (exact) mass is 1930 g/mol. The molecule has 5 heterocycles. The van der Waals surface area contributed by atoms with Gasteiger partial charge in [-0.1, -0.05) is 90.8 Å². The molecule has 136 heavy (non-hydrogen) atoms. The third kappa shape index (κ3) is 22.8. The van der Waals surface area contributed by atoms with Crippen molar-refractivity contribution in [1.82, 2.24) is 35.5 Å². The molecule has 5 atom stereocenters. The summed E-state index contributed by atoms with van der Waals surface area (Å²) >= 11 is 12.9. The highest BCUT2D eigenvalue weighted by atomic mass is 35.5. The minimum atomic E-state index is -4.98. The van der Waals surface area contributed by atoms with Crippen molar-refractivity contribution in [3.63, 3.8) is 0 Å². The van der Waals surface area contributed by atoms with Crippen LogP contribution in [-0.4, -0.2) is 138 Å². The van der Waals surface area contributed by atoms with Gasteiger partial charge in [0.25, 0.3) is 23.3 Å². The third-order valence-electron chi connectivity index (χ3n) is 22.3. The first-order chi connectivity index (χ1) is 64.3. The van der Waals surface area contributed by atoms with Crippen molar-refractivity contribution in [3.8, 4) is 45.5 Å². The fourth-order valence-electron chi connectivity index (χ4n) is 15.3. The first kappa shape index (κ1) is 101. The molecule has 708 valence electrons. The number of alkyl halides is 9. The molecule has 6 N–H and O–H groups in total. The summed E-state index contributed by atoms with van der Waals surface area (Å²) in [5.74, 6) is -16.6. The van der Waals surface area contributed by atoms with Crippen LogP contribution in [0.1, 0.15) is 103 Å². The molecule has 2 aliphatic rings. The summed E-state index contributed by atoms with van der Waals surface area (Å²) in [6.45, 7) is 5.10. The number of ether oxygens (including phenoxy) is 4. The van der Waals surface area contributed by atoms with Crippen molar-refractivity contribution in [2.45, 2.75) is 114 Å². The van der Waals surface area contributed by atoms with Crippen molar-refractivity contribution < 1.29 is 118 Å². The Balaban J connectivity index is 0.000000184. The van der Waals surface area contributed by atoms with Crippen LogP contribution in [0.5, 0.6) is 0 Å². The normalized spacial score (nSPS) is 14.0. The second kappa shape index (κ2) is 41.6. The molecule has 8 aromatic carbocycles. The Hall–Kier alpha value is -14.4. The lowest BCUT2D eigenvalue weighted by Crippen LogP contribution is -2.53. The molecule has 3 amide bonds. The van der Waals surface area contributed by atoms with Crippen LogP contribution in [0, 0.1) is 76.2 Å². The number of halogens is 18. The van der Waals surface area contributed by atoms with Gasteiger partial charge in [-0.3, -0.25) is 34.1 Å². The maximum atomic E-state index is 15.0. The highest BCUT2D eigenvalue weighted by Gasteiger charge is 2.49. The second-order valence-corrected chi connectivity index (χ2v) is 32.6. The minimum Gasteiger partial charge on any atom is -0.467 e. The van der Waals surface area contributed by atoms with Gasteiger partial charge in [-0.15, -0.1) is 0 Å². The molecule has 23 nitrogen and oxygen atoms in total. The number of carbonyl (C=O) groups is 6. The molecule has 41 heteroatoms. The topological polar surface area (TPSA) is 320 Å². The van der Waals surface area contributed by atoms with Crippen LogP contribution in [-0.2, 0) is 65.8 Å². The van der Waals surface area contributed by atoms with Gasteiger partial charge in [0.05, 0.1) is 97.2 Å². The summed E-state index contributed by atoms with van der Waals surface area (Å²) in [4.78, 5) is 103. The number of nitrogens with zero attached hydrogens (tertiary/aromatic N) is 6. The number of hydrogen-bond acceptors (Lipinski definition) is 19. The molecule has 1 saturated carbocycles. The number of nitrogens with one attached hydrogen (secondary N) is 6. The van der Waals surface area contributed by atoms with Gasteiger partial charge in [0.2, 0.25) is 0 Å². The molecule has 0 unspecified atom stereocenters. The first-order valence-corrected chi connectivity index (χ1v) is 41.7. The van der Waals surface area contributed by atoms with Gasteiger partial charge in [-0.05, 0) is 141 Å². The molecule has 0 spiro atoms. The summed E-state index contributed by atoms with van der Waals surface area (Å²) in [6, 6.07) is 27.2. The third-order valence-corrected chi connectivity index (χ3v) is 22.9. The number of methoxy groups -OCH3 is 3. The largest absolute Gasteiger partial charge is 0.467 e. The molecule has 1 saturated heterocycles. The highest BCUT2D eigenvalue weighted by Crippen LogP contribution is 2.45. The number of fused-ring (bicyclic) bond motifs is 3. The zero-order valence-corrected chi connectivity index (χ0v) is 73.7. The Morgan fingerprint density at radius 2 is 0.912 bits per heavy atom. The number of aryl methyl sites for hydroxylation is 1. The zero-order chi connectivity index (χ0) is 99.1. The fraction of sp³-hybridized carbons (Fsp3) is 0.263. The quantitative estimate of drug-likeness (QED) is 0.0167. The summed E-state index contributed by atoms with van der Waals surface area (Å²) < 4.78 is 247. The van der Waals surface area contributed by atoms with Crippen molar-refractivity contribution >= 4 is 109 Å². The zero-order valence-electron chi connectivity index (χ0n) is 72.2. The van der Waals surface area contributed by atoms with Crippen molar-refractivity contribution in [3.05, 3.63) is 281 Å². The Morgan fingerprint density at radius 1 is 0.522 bits per heavy atom. The summed E-state index contributed by atoms with van der Waals surface area (Å²) in [5, 5.41) is 34.0. The maximum Gasteiger partial charge on any atom is 0.417 e. The second-order valence-electron chi connectivity index (χ2n) is 31.7. The number of carbonyl (C=O) groups excluding carboxylic acids is 6. The van der Waals surface area contributed by atoms with E-state index in [2.05, 4.69) is 41.5 Å². The Labute approximate surface area is 772 Å². The predicted octanol–water partition coefficient (Wildman–Crippen LogP) is 19.0. The average molecular weight is 1940 g/mol. The van der Waals surface area contributed by atoms with Crippen LogP contribution in [0.25, 0.3) is 66.1 Å². The van der Waals surface area contributed by atoms with Gasteiger partial charge >= 0.3 is 36.4 Å². The van der Waals surface area contributed by atoms with Gasteiger partial charge in [-0.2, -0.15) is 50.0 Å². The fourth-order valence-corrected chi connectivity index (χ4v) is 15.8. The van der Waals surface area contributed by atoms with Crippen LogP contribution >= 0.6 is 23.2 Å². The van der Waals surface area contributed by atoms with E-state index in [1.807, 2.05) is 24.4 Å². The molecule has 0 bridgehead atoms. The minimum absolute atomic E-state index is 0.00260. The van der Waals surface area contributed by atoms with Crippen LogP contribution in [0.3, 0.4) is 0 Å². The number of anilines is 3. The standard InChI is InChI=1S/C32H24ClF5N4O3.C32H27F9N4O4.C31H25ClF2N4O4/c1-45-31(44)26(42-30(43)27-24(34)13-19(14-25(27)35)41-29(17-5-6-17)32(36,37)38)12-18-7-9-22(28-20(18)3-2-10-40-28)21-8-4-16(15-39)11-23(21)33;1-5-24(32(39,40)41)43-17-11-21(34)26(22(35)12-17)28(46)44-23(30(48)49-4)9-15-6-7-18(27-19(15)10-16(33)13-42-27)25-20(31(36,37)38)8-14(2)45(3)29(25)47;1-31(15-42-16-31)38-19-12-24(33)27(25(34)13-19)29(39)37-26(30(40)41-2)11-18-6-8-22(28-20(18)4-3-9-36-28)21-7-5-17(14-35)10-23(21)32/h2-4,7-11,13-14,17,26,29,41H,5-6,12H2,1H3,(H,42,43);6-8,10-13,23-24,43H,5,9H2,1-4H3,(H,44,46);3-10,12-13,26,38H,11,15-16H2,1-2H3,(H,37,39)/t26-,29-;23-,24+;26-/m000/s1. The molecular formula is C95H76Cl2F16N12O11. The average Bonchev–Trinajstić information content (AvgIpc) is 1.13. The molecule has 0 radical (unpaired) electrons. The van der Waals surface area contributed by atoms with E-state index in [-0.39, 0.29) is 46.3 Å². The van der Waals surface area contributed by atoms with Gasteiger partial charge in [0.1, 0.15) is 87.6 Å². The molecule has 4 aromatic heterocycles. The van der Waals surface area contributed by atoms with E-state index in [0.717, 1.165) is 62.3 Å². The van der Waals surface area contributed by atoms with Gasteiger partial charge in [0.15, 0.2) is 0 Å². The first-order valence-electron chi connectivity index (χ1n) is 41.0. The lowest BCUT2D eigenvalue weighted by Gasteiger charge is -2.39. The van der Waals surface area contributed by atoms with Crippen LogP contribution in [0.15, 0.2) is 169 Å². The van der Waals surface area contributed by atoms with Gasteiger partial charge < -0.3 is 55.4 Å². The molecule has 12 aromatic rings. The van der Waals surface area contributed by atoms with E-state index in [4.69, 9.17) is 47.4 Å². The van der Waals surface area contributed by atoms with Crippen molar-refractivity contribution in [2.24, 2.45) is 13.0 Å². The number of pyridine rings is 4. The maximum absolute atomic E-state index is 15.0. The smallest absolute Gasteiger partial charge is 0.417 e. The summed E-state index contributed by atoms with van der Waals surface area (Å²) in [5.41, 5.74) is -2.59. The highest BCUT2D eigenvalue weighted by molar-refractivity contribution is 6.34. The molecule has 2 fully saturated rings. The lowest BCUT2D eigenvalue weighted by molar-refractivity contribution is -0.147. The number of esters is 3. The predicted molar refractivity (Wildman–Crippen MR) is 469 cm³/mol. The van der Waals surface area contributed by atoms with Gasteiger partial charge in [0, 0.05) is 115 Å². The molecule has 1 aliphatic heterocycles. The van der Waals surface area contributed by atoms with Crippen LogP contribution in [0.4, 0.5) is 87.3 Å². The number of aromatic nitrogens is 4. The van der Waals surface area contributed by atoms with Crippen LogP contribution in [0.2, 0.25) is 10.0 Å². The van der Waals surface area contributed by atoms with Crippen molar-refractivity contribution in [2.75, 3.05) is 50.5 Å². The van der Waals surface area contributed by atoms with E-state index in [1.165, 1.54) is 27.0 Å². The van der Waals surface area contributed by atoms with E-state index in [1.54, 1.807) is 91.3 Å². The Bertz CT molecular complexity index is 6800. The molecule has 14 rings (SSSR count). The van der Waals surface area contributed by atoms with Crippen molar-refractivity contribution in [1.29, 1.82) is 10.5 Å². The van der Waals surface area contributed by atoms with E-state index < -0.39 is 194 Å². The lowest BCUT2D eigenvalue weighted by atomic mass is 9.93. The van der Waals surface area contributed by atoms with E-state index >= 15 is 8.78 Å². The molecule has 1 aliphatic carbocycles. The van der Waals surface area contributed by atoms with E-state index in [9.17, 15) is 100 Å². The number of hydrogen-bond donors (Lipinski definition) is 6. The SMILES string of the molecule is CC[C@@H](Nc1cc(F)c(C(=O)N[C@@H](Cc2ccc(-c3c(C(F)(F)F)cc(C)n(C)c3=O)c3ncc(F)cc23)C(=O)OC)c(F)c1)C(F)(F)F.COC(=O)[C@H](Cc1ccc(-c2ccc(C#N)cc2Cl)c2ncccc12)NC(=O)c1c(F)cc(NC2(C)COC2)cc1F.COC(=O)[C@H](Cc1ccc(-c2ccc(C#N)cc2Cl)c2ncccc12)NC(=O)c1c(F)cc(N[C@@H](C2CC2)C(F)(F)F)cc1F. The number of benzene rings is 8.